The van der Waals surface area contributed by atoms with Gasteiger partial charge in [0, 0.05) is 41.0 Å². The van der Waals surface area contributed by atoms with Crippen LogP contribution in [0.2, 0.25) is 0 Å². The molecule has 0 atom stereocenters. The van der Waals surface area contributed by atoms with Crippen LogP contribution in [0.1, 0.15) is 18.5 Å². The highest BCUT2D eigenvalue weighted by molar-refractivity contribution is 5.99. The molecule has 0 N–H and O–H groups in total. The highest BCUT2D eigenvalue weighted by Gasteiger charge is 2.24. The van der Waals surface area contributed by atoms with E-state index in [1.807, 2.05) is 24.4 Å². The van der Waals surface area contributed by atoms with E-state index in [1.54, 1.807) is 6.20 Å². The van der Waals surface area contributed by atoms with Crippen molar-refractivity contribution in [1.29, 1.82) is 0 Å². The van der Waals surface area contributed by atoms with E-state index in [9.17, 15) is 0 Å². The lowest BCUT2D eigenvalue weighted by Crippen LogP contribution is -2.11. The van der Waals surface area contributed by atoms with Gasteiger partial charge in [0.15, 0.2) is 5.65 Å². The predicted octanol–water partition coefficient (Wildman–Crippen LogP) is 5.04. The van der Waals surface area contributed by atoms with Crippen LogP contribution in [0.15, 0.2) is 67.0 Å². The van der Waals surface area contributed by atoms with Gasteiger partial charge in [0.1, 0.15) is 5.69 Å². The summed E-state index contributed by atoms with van der Waals surface area (Å²) in [6.45, 7) is 0.956. The molecular formula is C24H19N5. The number of hydrogen-bond donors (Lipinski definition) is 0. The van der Waals surface area contributed by atoms with E-state index in [0.717, 1.165) is 52.7 Å². The van der Waals surface area contributed by atoms with Gasteiger partial charge in [0.2, 0.25) is 0 Å². The van der Waals surface area contributed by atoms with Crippen molar-refractivity contribution in [3.8, 4) is 22.5 Å². The number of pyridine rings is 3. The molecule has 0 saturated carbocycles. The smallest absolute Gasteiger partial charge is 0.159 e. The van der Waals surface area contributed by atoms with Gasteiger partial charge < -0.3 is 0 Å². The normalized spacial score (nSPS) is 13.7. The standard InChI is InChI=1S/C24H19N5/c1-2-8-19-17(7-1)18(12-14-25-19)22-21-9-3-4-15-29(21)28-23(22)20-11-10-16-6-5-13-26-24(16)27-20/h1-2,5-8,10-14H,3-4,9,15H2. The van der Waals surface area contributed by atoms with Gasteiger partial charge in [-0.05, 0) is 61.2 Å². The minimum absolute atomic E-state index is 0.751. The van der Waals surface area contributed by atoms with Crippen LogP contribution < -0.4 is 0 Å². The molecule has 6 rings (SSSR count). The second-order valence-corrected chi connectivity index (χ2v) is 7.47. The van der Waals surface area contributed by atoms with Crippen LogP contribution in [0.4, 0.5) is 0 Å². The van der Waals surface area contributed by atoms with E-state index >= 15 is 0 Å². The molecule has 0 aliphatic carbocycles. The third-order valence-corrected chi connectivity index (χ3v) is 5.72. The fourth-order valence-corrected chi connectivity index (χ4v) is 4.35. The average Bonchev–Trinajstić information content (AvgIpc) is 3.18. The third-order valence-electron chi connectivity index (χ3n) is 5.72. The first-order valence-corrected chi connectivity index (χ1v) is 10.0. The molecule has 0 amide bonds. The molecule has 4 aromatic heterocycles. The van der Waals surface area contributed by atoms with E-state index in [2.05, 4.69) is 51.0 Å². The van der Waals surface area contributed by atoms with E-state index in [0.29, 0.717) is 0 Å². The molecule has 0 unspecified atom stereocenters. The van der Waals surface area contributed by atoms with E-state index < -0.39 is 0 Å². The summed E-state index contributed by atoms with van der Waals surface area (Å²) < 4.78 is 2.17. The zero-order valence-electron chi connectivity index (χ0n) is 15.9. The summed E-state index contributed by atoms with van der Waals surface area (Å²) in [4.78, 5) is 13.9. The lowest BCUT2D eigenvalue weighted by molar-refractivity contribution is 0.487. The Morgan fingerprint density at radius 1 is 0.828 bits per heavy atom. The number of hydrogen-bond acceptors (Lipinski definition) is 4. The minimum Gasteiger partial charge on any atom is -0.268 e. The highest BCUT2D eigenvalue weighted by Crippen LogP contribution is 2.39. The zero-order valence-corrected chi connectivity index (χ0v) is 15.9. The largest absolute Gasteiger partial charge is 0.268 e. The Morgan fingerprint density at radius 3 is 2.79 bits per heavy atom. The second kappa shape index (κ2) is 6.48. The maximum absolute atomic E-state index is 5.02. The average molecular weight is 377 g/mol. The van der Waals surface area contributed by atoms with Crippen LogP contribution in [0.3, 0.4) is 0 Å². The van der Waals surface area contributed by atoms with Crippen LogP contribution >= 0.6 is 0 Å². The van der Waals surface area contributed by atoms with Crippen molar-refractivity contribution in [2.24, 2.45) is 0 Å². The number of para-hydroxylation sites is 1. The molecule has 140 valence electrons. The summed E-state index contributed by atoms with van der Waals surface area (Å²) in [7, 11) is 0. The number of rotatable bonds is 2. The summed E-state index contributed by atoms with van der Waals surface area (Å²) in [5, 5.41) is 7.20. The fourth-order valence-electron chi connectivity index (χ4n) is 4.35. The van der Waals surface area contributed by atoms with Crippen LogP contribution in [0.25, 0.3) is 44.5 Å². The molecule has 1 aliphatic rings. The molecule has 0 saturated heterocycles. The molecule has 5 heteroatoms. The molecule has 29 heavy (non-hydrogen) atoms. The molecule has 0 radical (unpaired) electrons. The molecule has 0 bridgehead atoms. The third kappa shape index (κ3) is 2.62. The topological polar surface area (TPSA) is 56.5 Å². The van der Waals surface area contributed by atoms with Crippen molar-refractivity contribution in [2.45, 2.75) is 25.8 Å². The van der Waals surface area contributed by atoms with E-state index in [-0.39, 0.29) is 0 Å². The van der Waals surface area contributed by atoms with Gasteiger partial charge in [-0.15, -0.1) is 0 Å². The number of aryl methyl sites for hydroxylation is 1. The van der Waals surface area contributed by atoms with Crippen LogP contribution in [-0.2, 0) is 13.0 Å². The Kier molecular flexibility index (Phi) is 3.66. The van der Waals surface area contributed by atoms with Gasteiger partial charge in [0.25, 0.3) is 0 Å². The molecule has 0 spiro atoms. The Bertz CT molecular complexity index is 1360. The lowest BCUT2D eigenvalue weighted by Gasteiger charge is -2.15. The molecule has 1 aliphatic heterocycles. The zero-order chi connectivity index (χ0) is 19.2. The van der Waals surface area contributed by atoms with Crippen LogP contribution in [0.5, 0.6) is 0 Å². The molecular weight excluding hydrogens is 358 g/mol. The van der Waals surface area contributed by atoms with Gasteiger partial charge in [-0.25, -0.2) is 9.97 Å². The predicted molar refractivity (Wildman–Crippen MR) is 114 cm³/mol. The molecule has 1 aromatic carbocycles. The monoisotopic (exact) mass is 377 g/mol. The summed E-state index contributed by atoms with van der Waals surface area (Å²) >= 11 is 0. The van der Waals surface area contributed by atoms with Crippen molar-refractivity contribution in [2.75, 3.05) is 0 Å². The summed E-state index contributed by atoms with van der Waals surface area (Å²) in [5.41, 5.74) is 7.22. The van der Waals surface area contributed by atoms with Crippen molar-refractivity contribution in [3.63, 3.8) is 0 Å². The van der Waals surface area contributed by atoms with Gasteiger partial charge in [-0.1, -0.05) is 18.2 Å². The maximum atomic E-state index is 5.02. The SMILES string of the molecule is c1cnc2nc(-c3nn4c(c3-c3ccnc5ccccc35)CCCC4)ccc2c1. The van der Waals surface area contributed by atoms with Gasteiger partial charge in [-0.2, -0.15) is 5.10 Å². The van der Waals surface area contributed by atoms with Crippen LogP contribution in [-0.4, -0.2) is 24.7 Å². The summed E-state index contributed by atoms with van der Waals surface area (Å²) in [5.74, 6) is 0. The molecule has 5 nitrogen and oxygen atoms in total. The Morgan fingerprint density at radius 2 is 1.79 bits per heavy atom. The van der Waals surface area contributed by atoms with E-state index in [1.165, 1.54) is 23.2 Å². The van der Waals surface area contributed by atoms with Gasteiger partial charge in [-0.3, -0.25) is 9.67 Å². The van der Waals surface area contributed by atoms with Crippen molar-refractivity contribution in [1.82, 2.24) is 24.7 Å². The number of nitrogens with zero attached hydrogens (tertiary/aromatic N) is 5. The minimum atomic E-state index is 0.751. The Balaban J connectivity index is 1.66. The summed E-state index contributed by atoms with van der Waals surface area (Å²) in [6, 6.07) is 18.5. The molecule has 5 aromatic rings. The number of fused-ring (bicyclic) bond motifs is 3. The number of benzene rings is 1. The van der Waals surface area contributed by atoms with Gasteiger partial charge in [0.05, 0.1) is 11.2 Å². The maximum Gasteiger partial charge on any atom is 0.159 e. The van der Waals surface area contributed by atoms with Crippen molar-refractivity contribution in [3.05, 3.63) is 72.7 Å². The highest BCUT2D eigenvalue weighted by atomic mass is 15.3. The first kappa shape index (κ1) is 16.4. The first-order chi connectivity index (χ1) is 14.4. The molecule has 5 heterocycles. The lowest BCUT2D eigenvalue weighted by atomic mass is 9.95. The second-order valence-electron chi connectivity index (χ2n) is 7.47. The fraction of sp³-hybridized carbons (Fsp3) is 0.167. The van der Waals surface area contributed by atoms with Crippen molar-refractivity contribution >= 4 is 21.9 Å². The van der Waals surface area contributed by atoms with Crippen LogP contribution in [0, 0.1) is 0 Å². The van der Waals surface area contributed by atoms with E-state index in [4.69, 9.17) is 10.1 Å². The number of aromatic nitrogens is 5. The molecule has 0 fully saturated rings. The Labute approximate surface area is 168 Å². The van der Waals surface area contributed by atoms with Crippen molar-refractivity contribution < 1.29 is 0 Å². The summed E-state index contributed by atoms with van der Waals surface area (Å²) in [6.07, 6.45) is 7.06. The first-order valence-electron chi connectivity index (χ1n) is 10.0. The quantitative estimate of drug-likeness (QED) is 0.432. The Hall–Kier alpha value is -3.60. The van der Waals surface area contributed by atoms with Gasteiger partial charge >= 0.3 is 0 Å².